The number of aromatic hydroxyl groups is 1. The van der Waals surface area contributed by atoms with Crippen molar-refractivity contribution in [2.75, 3.05) is 27.2 Å². The number of nitrogens with two attached hydrogens (primary N) is 1. The molecule has 0 saturated carbocycles. The number of piperidine rings is 1. The van der Waals surface area contributed by atoms with Crippen LogP contribution in [0.15, 0.2) is 24.3 Å². The monoisotopic (exact) mass is 291 g/mol. The third-order valence-electron chi connectivity index (χ3n) is 4.29. The van der Waals surface area contributed by atoms with Crippen LogP contribution in [0.1, 0.15) is 18.4 Å². The van der Waals surface area contributed by atoms with Gasteiger partial charge in [-0.15, -0.1) is 0 Å². The van der Waals surface area contributed by atoms with Gasteiger partial charge in [-0.1, -0.05) is 12.1 Å². The Morgan fingerprint density at radius 2 is 1.95 bits per heavy atom. The van der Waals surface area contributed by atoms with Crippen LogP contribution < -0.4 is 5.73 Å². The fourth-order valence-corrected chi connectivity index (χ4v) is 2.80. The second kappa shape index (κ2) is 6.91. The van der Waals surface area contributed by atoms with Gasteiger partial charge < -0.3 is 20.6 Å². The zero-order valence-electron chi connectivity index (χ0n) is 12.8. The Bertz CT molecular complexity index is 467. The van der Waals surface area contributed by atoms with E-state index in [-0.39, 0.29) is 11.7 Å². The number of rotatable bonds is 4. The molecule has 1 aliphatic heterocycles. The molecule has 5 nitrogen and oxygen atoms in total. The molecule has 1 fully saturated rings. The molecular weight excluding hydrogens is 266 g/mol. The van der Waals surface area contributed by atoms with Crippen LogP contribution in [0.5, 0.6) is 5.75 Å². The van der Waals surface area contributed by atoms with Gasteiger partial charge in [-0.3, -0.25) is 4.79 Å². The number of amides is 1. The van der Waals surface area contributed by atoms with Gasteiger partial charge in [0, 0.05) is 13.1 Å². The molecule has 1 aromatic rings. The van der Waals surface area contributed by atoms with E-state index in [0.717, 1.165) is 31.5 Å². The van der Waals surface area contributed by atoms with E-state index in [4.69, 9.17) is 5.73 Å². The van der Waals surface area contributed by atoms with Crippen molar-refractivity contribution in [3.8, 4) is 5.75 Å². The van der Waals surface area contributed by atoms with Gasteiger partial charge in [0.2, 0.25) is 5.91 Å². The quantitative estimate of drug-likeness (QED) is 0.861. The van der Waals surface area contributed by atoms with E-state index >= 15 is 0 Å². The Morgan fingerprint density at radius 1 is 1.38 bits per heavy atom. The van der Waals surface area contributed by atoms with Gasteiger partial charge in [0.05, 0.1) is 6.04 Å². The lowest BCUT2D eigenvalue weighted by Gasteiger charge is -2.36. The summed E-state index contributed by atoms with van der Waals surface area (Å²) in [4.78, 5) is 16.5. The summed E-state index contributed by atoms with van der Waals surface area (Å²) in [6, 6.07) is 6.61. The number of hydrogen-bond donors (Lipinski definition) is 2. The molecule has 1 heterocycles. The summed E-state index contributed by atoms with van der Waals surface area (Å²) in [6.45, 7) is 2.05. The summed E-state index contributed by atoms with van der Waals surface area (Å²) in [5.74, 6) is 0.222. The summed E-state index contributed by atoms with van der Waals surface area (Å²) in [6.07, 6.45) is 2.51. The first-order valence-electron chi connectivity index (χ1n) is 7.46. The second-order valence-corrected chi connectivity index (χ2v) is 5.96. The number of likely N-dealkylation sites (tertiary alicyclic amines) is 1. The number of carbonyl (C=O) groups is 1. The van der Waals surface area contributed by atoms with E-state index < -0.39 is 6.04 Å². The normalized spacial score (nSPS) is 18.4. The zero-order valence-corrected chi connectivity index (χ0v) is 12.8. The first-order valence-corrected chi connectivity index (χ1v) is 7.46. The smallest absolute Gasteiger partial charge is 0.239 e. The Balaban J connectivity index is 1.90. The lowest BCUT2D eigenvalue weighted by atomic mass is 10.0. The number of carbonyl (C=O) groups excluding carboxylic acids is 1. The Morgan fingerprint density at radius 3 is 2.52 bits per heavy atom. The summed E-state index contributed by atoms with van der Waals surface area (Å²) in [5, 5.41) is 9.27. The highest BCUT2D eigenvalue weighted by molar-refractivity contribution is 5.82. The molecule has 0 radical (unpaired) electrons. The summed E-state index contributed by atoms with van der Waals surface area (Å²) >= 11 is 0. The van der Waals surface area contributed by atoms with Gasteiger partial charge in [0.15, 0.2) is 0 Å². The SMILES string of the molecule is CN1CCC(N(C)C(=O)[C@H](N)Cc2ccc(O)cc2)CC1. The summed E-state index contributed by atoms with van der Waals surface area (Å²) in [7, 11) is 3.96. The molecule has 1 aliphatic rings. The van der Waals surface area contributed by atoms with Crippen molar-refractivity contribution < 1.29 is 9.90 Å². The van der Waals surface area contributed by atoms with Crippen molar-refractivity contribution >= 4 is 5.91 Å². The largest absolute Gasteiger partial charge is 0.508 e. The van der Waals surface area contributed by atoms with E-state index in [9.17, 15) is 9.90 Å². The van der Waals surface area contributed by atoms with E-state index in [1.54, 1.807) is 24.3 Å². The van der Waals surface area contributed by atoms with Gasteiger partial charge in [-0.05, 0) is 57.1 Å². The maximum atomic E-state index is 12.4. The molecule has 0 spiro atoms. The van der Waals surface area contributed by atoms with Crippen molar-refractivity contribution in [1.82, 2.24) is 9.80 Å². The molecule has 3 N–H and O–H groups in total. The average Bonchev–Trinajstić information content (AvgIpc) is 2.49. The second-order valence-electron chi connectivity index (χ2n) is 5.96. The minimum Gasteiger partial charge on any atom is -0.508 e. The standard InChI is InChI=1S/C16H25N3O2/c1-18-9-7-13(8-10-18)19(2)16(21)15(17)11-12-3-5-14(20)6-4-12/h3-6,13,15,20H,7-11,17H2,1-2H3/t15-/m1/s1. The fraction of sp³-hybridized carbons (Fsp3) is 0.562. The van der Waals surface area contributed by atoms with Crippen molar-refractivity contribution in [2.45, 2.75) is 31.3 Å². The molecule has 1 aromatic carbocycles. The van der Waals surface area contributed by atoms with Crippen LogP contribution in [0.2, 0.25) is 0 Å². The molecule has 0 aromatic heterocycles. The molecular formula is C16H25N3O2. The molecule has 1 atom stereocenters. The summed E-state index contributed by atoms with van der Waals surface area (Å²) < 4.78 is 0. The first kappa shape index (κ1) is 15.8. The van der Waals surface area contributed by atoms with Gasteiger partial charge in [-0.2, -0.15) is 0 Å². The van der Waals surface area contributed by atoms with Crippen LogP contribution in [-0.4, -0.2) is 60.1 Å². The number of likely N-dealkylation sites (N-methyl/N-ethyl adjacent to an activating group) is 1. The van der Waals surface area contributed by atoms with Crippen molar-refractivity contribution in [3.05, 3.63) is 29.8 Å². The van der Waals surface area contributed by atoms with Crippen LogP contribution >= 0.6 is 0 Å². The lowest BCUT2D eigenvalue weighted by Crippen LogP contribution is -2.50. The Labute approximate surface area is 126 Å². The molecule has 0 bridgehead atoms. The van der Waals surface area contributed by atoms with Crippen LogP contribution in [0, 0.1) is 0 Å². The van der Waals surface area contributed by atoms with Gasteiger partial charge >= 0.3 is 0 Å². The van der Waals surface area contributed by atoms with E-state index in [1.165, 1.54) is 0 Å². The van der Waals surface area contributed by atoms with Crippen LogP contribution in [-0.2, 0) is 11.2 Å². The van der Waals surface area contributed by atoms with Gasteiger partial charge in [0.1, 0.15) is 5.75 Å². The van der Waals surface area contributed by atoms with Crippen LogP contribution in [0.3, 0.4) is 0 Å². The number of phenolic OH excluding ortho intramolecular Hbond substituents is 1. The van der Waals surface area contributed by atoms with Crippen LogP contribution in [0.25, 0.3) is 0 Å². The zero-order chi connectivity index (χ0) is 15.4. The van der Waals surface area contributed by atoms with E-state index in [0.29, 0.717) is 12.5 Å². The molecule has 5 heteroatoms. The number of phenols is 1. The minimum atomic E-state index is -0.529. The predicted octanol–water partition coefficient (Wildman–Crippen LogP) is 0.815. The first-order chi connectivity index (χ1) is 9.97. The van der Waals surface area contributed by atoms with E-state index in [1.807, 2.05) is 11.9 Å². The van der Waals surface area contributed by atoms with Crippen molar-refractivity contribution in [3.63, 3.8) is 0 Å². The highest BCUT2D eigenvalue weighted by Crippen LogP contribution is 2.16. The summed E-state index contributed by atoms with van der Waals surface area (Å²) in [5.41, 5.74) is 7.02. The fourth-order valence-electron chi connectivity index (χ4n) is 2.80. The third kappa shape index (κ3) is 4.19. The average molecular weight is 291 g/mol. The topological polar surface area (TPSA) is 69.8 Å². The highest BCUT2D eigenvalue weighted by Gasteiger charge is 2.27. The number of hydrogen-bond acceptors (Lipinski definition) is 4. The minimum absolute atomic E-state index is 0.00220. The molecule has 116 valence electrons. The highest BCUT2D eigenvalue weighted by atomic mass is 16.3. The van der Waals surface area contributed by atoms with Crippen molar-refractivity contribution in [2.24, 2.45) is 5.73 Å². The van der Waals surface area contributed by atoms with E-state index in [2.05, 4.69) is 11.9 Å². The molecule has 0 unspecified atom stereocenters. The predicted molar refractivity (Wildman–Crippen MR) is 83.1 cm³/mol. The van der Waals surface area contributed by atoms with Crippen LogP contribution in [0.4, 0.5) is 0 Å². The molecule has 1 saturated heterocycles. The molecule has 21 heavy (non-hydrogen) atoms. The van der Waals surface area contributed by atoms with Gasteiger partial charge in [-0.25, -0.2) is 0 Å². The van der Waals surface area contributed by atoms with Gasteiger partial charge in [0.25, 0.3) is 0 Å². The Hall–Kier alpha value is -1.59. The molecule has 2 rings (SSSR count). The molecule has 0 aliphatic carbocycles. The maximum absolute atomic E-state index is 12.4. The third-order valence-corrected chi connectivity index (χ3v) is 4.29. The number of benzene rings is 1. The number of nitrogens with zero attached hydrogens (tertiary/aromatic N) is 2. The van der Waals surface area contributed by atoms with Crippen molar-refractivity contribution in [1.29, 1.82) is 0 Å². The molecule has 1 amide bonds. The Kier molecular flexibility index (Phi) is 5.20. The lowest BCUT2D eigenvalue weighted by molar-refractivity contribution is -0.134. The maximum Gasteiger partial charge on any atom is 0.239 e.